The zero-order valence-electron chi connectivity index (χ0n) is 44.3. The summed E-state index contributed by atoms with van der Waals surface area (Å²) in [4.78, 5) is 33.8. The fourth-order valence-corrected chi connectivity index (χ4v) is 19.7. The van der Waals surface area contributed by atoms with E-state index >= 15 is 0 Å². The lowest BCUT2D eigenvalue weighted by Crippen LogP contribution is -1.92. The second-order valence-electron chi connectivity index (χ2n) is 20.2. The number of carbonyl (C=O) groups excluding carboxylic acids is 1. The lowest BCUT2D eigenvalue weighted by Gasteiger charge is -2.05. The molecule has 8 aromatic heterocycles. The SMILES string of the molecule is CCCCCCc1cc(C=O)sc1-c1ccc(-c2ccc(-c3sc(-c4cc(CCCCCC)c(-c5ccc(-c6ccc(-c7sc(CCC[C]8[CH][CH][CH][CH]8)cc7CCCCCC)s6)s5)s4)cc3CCCCCC)s2)s1. The predicted octanol–water partition coefficient (Wildman–Crippen LogP) is 23.9. The second kappa shape index (κ2) is 28.8. The van der Waals surface area contributed by atoms with Gasteiger partial charge in [-0.05, 0) is 197 Å². The van der Waals surface area contributed by atoms with Crippen LogP contribution in [0.2, 0.25) is 0 Å². The highest BCUT2D eigenvalue weighted by Crippen LogP contribution is 2.51. The van der Waals surface area contributed by atoms with Crippen molar-refractivity contribution in [2.75, 3.05) is 0 Å². The summed E-state index contributed by atoms with van der Waals surface area (Å²) in [5, 5.41) is 0. The fraction of sp³-hybridized carbons (Fsp3) is 0.415. The monoisotopic (exact) mass is 1130 g/mol. The number of carbonyl (C=O) groups is 1. The first-order valence-corrected chi connectivity index (χ1v) is 34.6. The minimum Gasteiger partial charge on any atom is -0.297 e. The van der Waals surface area contributed by atoms with E-state index in [2.05, 4.69) is 138 Å². The molecular weight excluding hydrogens is 1050 g/mol. The maximum atomic E-state index is 11.9. The topological polar surface area (TPSA) is 17.1 Å². The molecule has 389 valence electrons. The van der Waals surface area contributed by atoms with Gasteiger partial charge in [0.1, 0.15) is 0 Å². The van der Waals surface area contributed by atoms with Crippen molar-refractivity contribution < 1.29 is 4.79 Å². The quantitative estimate of drug-likeness (QED) is 0.0303. The Bertz CT molecular complexity index is 2940. The van der Waals surface area contributed by atoms with E-state index in [4.69, 9.17) is 0 Å². The van der Waals surface area contributed by atoms with E-state index < -0.39 is 0 Å². The Labute approximate surface area is 477 Å². The number of hydrogen-bond acceptors (Lipinski definition) is 9. The largest absolute Gasteiger partial charge is 0.297 e. The van der Waals surface area contributed by atoms with E-state index in [9.17, 15) is 4.79 Å². The average Bonchev–Trinajstić information content (AvgIpc) is 4.26. The van der Waals surface area contributed by atoms with E-state index in [0.29, 0.717) is 0 Å². The molecule has 0 amide bonds. The second-order valence-corrected chi connectivity index (χ2v) is 28.8. The van der Waals surface area contributed by atoms with Crippen LogP contribution in [0.3, 0.4) is 0 Å². The molecule has 1 fully saturated rings. The molecule has 74 heavy (non-hydrogen) atoms. The van der Waals surface area contributed by atoms with E-state index in [1.165, 1.54) is 206 Å². The van der Waals surface area contributed by atoms with E-state index in [1.807, 2.05) is 68.0 Å². The van der Waals surface area contributed by atoms with Gasteiger partial charge in [0.25, 0.3) is 0 Å². The molecule has 8 heterocycles. The highest BCUT2D eigenvalue weighted by molar-refractivity contribution is 7.31. The zero-order valence-corrected chi connectivity index (χ0v) is 50.8. The van der Waals surface area contributed by atoms with Gasteiger partial charge in [-0.1, -0.05) is 105 Å². The number of unbranched alkanes of at least 4 members (excludes halogenated alkanes) is 12. The van der Waals surface area contributed by atoms with Crippen LogP contribution in [-0.2, 0) is 32.1 Å². The van der Waals surface area contributed by atoms with Crippen molar-refractivity contribution in [1.82, 2.24) is 0 Å². The highest BCUT2D eigenvalue weighted by atomic mass is 32.1. The van der Waals surface area contributed by atoms with Crippen LogP contribution in [-0.4, -0.2) is 6.29 Å². The van der Waals surface area contributed by atoms with Crippen LogP contribution in [0.25, 0.3) is 68.3 Å². The molecule has 0 unspecified atom stereocenters. The van der Waals surface area contributed by atoms with Crippen molar-refractivity contribution in [3.8, 4) is 68.3 Å². The standard InChI is InChI=1S/C65H75OS8/c1-5-9-13-17-27-46-40-50(31-23-26-45-24-21-22-25-45)67-62(46)56-36-32-52(69-56)54-34-38-58(71-54)64-48(29-19-15-11-7-3)42-60(73-64)61-43-49(30-20-16-12-8-4)65(74-61)59-39-35-55(72-59)53-33-37-57(70-53)63-47(28-18-14-10-6-2)41-51(44-66)68-63/h21-22,24-25,32-44H,5-20,23,26-31H2,1-4H3. The van der Waals surface area contributed by atoms with Gasteiger partial charge in [-0.15, -0.1) is 90.7 Å². The van der Waals surface area contributed by atoms with Gasteiger partial charge in [0.05, 0.1) is 4.88 Å². The Morgan fingerprint density at radius 1 is 0.324 bits per heavy atom. The van der Waals surface area contributed by atoms with Gasteiger partial charge in [-0.3, -0.25) is 4.79 Å². The van der Waals surface area contributed by atoms with Crippen LogP contribution < -0.4 is 0 Å². The summed E-state index contributed by atoms with van der Waals surface area (Å²) in [6.45, 7) is 9.21. The van der Waals surface area contributed by atoms with Gasteiger partial charge in [-0.2, -0.15) is 0 Å². The maximum Gasteiger partial charge on any atom is 0.160 e. The van der Waals surface area contributed by atoms with Crippen LogP contribution >= 0.6 is 90.7 Å². The molecule has 0 aliphatic heterocycles. The Kier molecular flexibility index (Phi) is 21.8. The summed E-state index contributed by atoms with van der Waals surface area (Å²) in [5.74, 6) is 1.46. The first-order valence-electron chi connectivity index (χ1n) is 28.0. The average molecular weight is 1130 g/mol. The minimum absolute atomic E-state index is 0.841. The van der Waals surface area contributed by atoms with Crippen LogP contribution in [0.4, 0.5) is 0 Å². The molecule has 9 rings (SSSR count). The number of hydrogen-bond donors (Lipinski definition) is 0. The molecule has 5 radical (unpaired) electrons. The number of rotatable bonds is 32. The molecule has 9 heteroatoms. The van der Waals surface area contributed by atoms with E-state index in [1.54, 1.807) is 21.8 Å². The van der Waals surface area contributed by atoms with Crippen molar-refractivity contribution in [2.24, 2.45) is 0 Å². The van der Waals surface area contributed by atoms with Crippen LogP contribution in [0, 0.1) is 31.6 Å². The normalized spacial score (nSPS) is 13.1. The maximum absolute atomic E-state index is 11.9. The van der Waals surface area contributed by atoms with Gasteiger partial charge in [0.2, 0.25) is 0 Å². The fourth-order valence-electron chi connectivity index (χ4n) is 10.2. The summed E-state index contributed by atoms with van der Waals surface area (Å²) in [6.07, 6.45) is 38.2. The minimum atomic E-state index is 0.841. The Morgan fingerprint density at radius 3 is 1.09 bits per heavy atom. The van der Waals surface area contributed by atoms with Crippen molar-refractivity contribution >= 4 is 97.0 Å². The Morgan fingerprint density at radius 2 is 0.689 bits per heavy atom. The molecule has 1 saturated carbocycles. The van der Waals surface area contributed by atoms with E-state index in [-0.39, 0.29) is 0 Å². The molecule has 0 bridgehead atoms. The molecule has 0 N–H and O–H groups in total. The van der Waals surface area contributed by atoms with Gasteiger partial charge < -0.3 is 0 Å². The lowest BCUT2D eigenvalue weighted by molar-refractivity contribution is 0.112. The number of thiophene rings is 8. The van der Waals surface area contributed by atoms with Gasteiger partial charge >= 0.3 is 0 Å². The Hall–Kier alpha value is -2.73. The zero-order chi connectivity index (χ0) is 51.1. The van der Waals surface area contributed by atoms with Crippen LogP contribution in [0.15, 0.2) is 72.8 Å². The highest BCUT2D eigenvalue weighted by Gasteiger charge is 2.23. The first kappa shape index (κ1) is 56.0. The molecule has 8 aromatic rings. The molecular formula is C65H75OS8. The molecule has 0 aromatic carbocycles. The molecule has 1 nitrogen and oxygen atoms in total. The van der Waals surface area contributed by atoms with Crippen molar-refractivity contribution in [2.45, 2.75) is 175 Å². The molecule has 0 atom stereocenters. The number of aldehydes is 1. The summed E-state index contributed by atoms with van der Waals surface area (Å²) < 4.78 is 0. The molecule has 1 aliphatic carbocycles. The Balaban J connectivity index is 0.968. The van der Waals surface area contributed by atoms with Crippen LogP contribution in [0.1, 0.15) is 180 Å². The molecule has 0 saturated heterocycles. The smallest absolute Gasteiger partial charge is 0.160 e. The van der Waals surface area contributed by atoms with Crippen molar-refractivity contribution in [3.05, 3.63) is 136 Å². The van der Waals surface area contributed by atoms with Gasteiger partial charge in [-0.25, -0.2) is 0 Å². The van der Waals surface area contributed by atoms with Gasteiger partial charge in [0.15, 0.2) is 6.29 Å². The number of aryl methyl sites for hydroxylation is 5. The summed E-state index contributed by atoms with van der Waals surface area (Å²) in [5.41, 5.74) is 5.95. The predicted molar refractivity (Wildman–Crippen MR) is 338 cm³/mol. The lowest BCUT2D eigenvalue weighted by atomic mass is 10.00. The first-order chi connectivity index (χ1) is 36.4. The summed E-state index contributed by atoms with van der Waals surface area (Å²) in [6, 6.07) is 28.8. The van der Waals surface area contributed by atoms with Crippen molar-refractivity contribution in [1.29, 1.82) is 0 Å². The third-order valence-corrected chi connectivity index (χ3v) is 24.6. The molecule has 0 spiro atoms. The van der Waals surface area contributed by atoms with Crippen molar-refractivity contribution in [3.63, 3.8) is 0 Å². The molecule has 1 aliphatic rings. The third kappa shape index (κ3) is 14.7. The van der Waals surface area contributed by atoms with Gasteiger partial charge in [0, 0.05) is 73.2 Å². The summed E-state index contributed by atoms with van der Waals surface area (Å²) in [7, 11) is 0. The third-order valence-electron chi connectivity index (χ3n) is 14.3. The summed E-state index contributed by atoms with van der Waals surface area (Å²) >= 11 is 15.6. The van der Waals surface area contributed by atoms with E-state index in [0.717, 1.165) is 43.3 Å². The van der Waals surface area contributed by atoms with Crippen LogP contribution in [0.5, 0.6) is 0 Å².